The van der Waals surface area contributed by atoms with Crippen LogP contribution in [0.15, 0.2) is 53.6 Å². The van der Waals surface area contributed by atoms with Gasteiger partial charge < -0.3 is 4.74 Å². The molecular formula is C23H24NO4S+. The van der Waals surface area contributed by atoms with Gasteiger partial charge in [-0.25, -0.2) is 8.42 Å². The highest BCUT2D eigenvalue weighted by molar-refractivity contribution is 7.91. The second kappa shape index (κ2) is 7.59. The van der Waals surface area contributed by atoms with Crippen molar-refractivity contribution in [3.8, 4) is 16.9 Å². The van der Waals surface area contributed by atoms with E-state index < -0.39 is 9.84 Å². The lowest BCUT2D eigenvalue weighted by Gasteiger charge is -2.15. The fraction of sp³-hybridized carbons (Fsp3) is 0.304. The Bertz CT molecular complexity index is 1200. The minimum absolute atomic E-state index is 0.0350. The zero-order valence-electron chi connectivity index (χ0n) is 16.6. The van der Waals surface area contributed by atoms with Crippen molar-refractivity contribution in [3.63, 3.8) is 0 Å². The lowest BCUT2D eigenvalue weighted by Crippen LogP contribution is -2.33. The number of rotatable bonds is 7. The van der Waals surface area contributed by atoms with Crippen LogP contribution in [0.3, 0.4) is 0 Å². The second-order valence-corrected chi connectivity index (χ2v) is 9.80. The molecule has 0 aliphatic heterocycles. The molecule has 0 bridgehead atoms. The topological polar surface area (TPSA) is 64.3 Å². The van der Waals surface area contributed by atoms with E-state index in [0.717, 1.165) is 28.2 Å². The first-order valence-electron chi connectivity index (χ1n) is 9.81. The number of fused-ring (bicyclic) bond motifs is 1. The van der Waals surface area contributed by atoms with E-state index in [-0.39, 0.29) is 10.6 Å². The average Bonchev–Trinajstić information content (AvgIpc) is 3.56. The predicted molar refractivity (Wildman–Crippen MR) is 112 cm³/mol. The summed E-state index contributed by atoms with van der Waals surface area (Å²) < 4.78 is 32.9. The monoisotopic (exact) mass is 410 g/mol. The van der Waals surface area contributed by atoms with Gasteiger partial charge in [-0.3, -0.25) is 4.79 Å². The maximum absolute atomic E-state index is 12.5. The first kappa shape index (κ1) is 19.6. The van der Waals surface area contributed by atoms with Crippen molar-refractivity contribution in [2.45, 2.75) is 24.7 Å². The fourth-order valence-corrected chi connectivity index (χ4v) is 4.43. The van der Waals surface area contributed by atoms with E-state index in [9.17, 15) is 13.2 Å². The molecule has 29 heavy (non-hydrogen) atoms. The smallest absolute Gasteiger partial charge is 0.253 e. The molecule has 1 aliphatic carbocycles. The van der Waals surface area contributed by atoms with E-state index in [0.29, 0.717) is 24.0 Å². The Labute approximate surface area is 170 Å². The highest BCUT2D eigenvalue weighted by Crippen LogP contribution is 2.38. The van der Waals surface area contributed by atoms with Gasteiger partial charge in [-0.05, 0) is 43.0 Å². The van der Waals surface area contributed by atoms with Gasteiger partial charge in [-0.1, -0.05) is 25.1 Å². The van der Waals surface area contributed by atoms with Crippen molar-refractivity contribution in [2.24, 2.45) is 13.0 Å². The van der Waals surface area contributed by atoms with Crippen molar-refractivity contribution < 1.29 is 22.5 Å². The second-order valence-electron chi connectivity index (χ2n) is 7.52. The Hall–Kier alpha value is -2.73. The summed E-state index contributed by atoms with van der Waals surface area (Å²) in [5.41, 5.74) is 2.14. The number of hydrogen-bond acceptors (Lipinski definition) is 4. The third-order valence-electron chi connectivity index (χ3n) is 5.46. The fourth-order valence-electron chi connectivity index (χ4n) is 3.52. The lowest BCUT2D eigenvalue weighted by molar-refractivity contribution is -0.671. The molecule has 0 amide bonds. The van der Waals surface area contributed by atoms with Gasteiger partial charge in [-0.15, -0.1) is 0 Å². The molecule has 1 aliphatic rings. The van der Waals surface area contributed by atoms with Gasteiger partial charge in [0.1, 0.15) is 12.8 Å². The predicted octanol–water partition coefficient (Wildman–Crippen LogP) is 3.73. The molecule has 0 saturated heterocycles. The maximum Gasteiger partial charge on any atom is 0.253 e. The molecule has 150 valence electrons. The van der Waals surface area contributed by atoms with Crippen LogP contribution in [0.4, 0.5) is 0 Å². The zero-order valence-corrected chi connectivity index (χ0v) is 17.4. The van der Waals surface area contributed by atoms with E-state index in [1.807, 2.05) is 37.5 Å². The van der Waals surface area contributed by atoms with Gasteiger partial charge in [0.05, 0.1) is 28.2 Å². The molecular weight excluding hydrogens is 386 g/mol. The van der Waals surface area contributed by atoms with Gasteiger partial charge in [-0.2, -0.15) is 4.57 Å². The van der Waals surface area contributed by atoms with Gasteiger partial charge in [0.2, 0.25) is 6.29 Å². The molecule has 6 heteroatoms. The number of benzene rings is 2. The summed E-state index contributed by atoms with van der Waals surface area (Å²) in [6, 6.07) is 12.7. The van der Waals surface area contributed by atoms with E-state index in [1.54, 1.807) is 29.7 Å². The molecule has 1 heterocycles. The van der Waals surface area contributed by atoms with Gasteiger partial charge >= 0.3 is 0 Å². The third kappa shape index (κ3) is 3.77. The van der Waals surface area contributed by atoms with Crippen molar-refractivity contribution >= 4 is 26.9 Å². The zero-order chi connectivity index (χ0) is 20.6. The maximum atomic E-state index is 12.5. The number of carbonyl (C=O) groups excluding carboxylic acids is 1. The minimum Gasteiger partial charge on any atom is -0.493 e. The first-order valence-corrected chi connectivity index (χ1v) is 11.5. The van der Waals surface area contributed by atoms with E-state index in [4.69, 9.17) is 4.74 Å². The standard InChI is InChI=1S/C23H24NO4S/c1-3-29(26,27)17-10-11-23(28-15-16-8-9-16)20(12-17)21-13-24(2)22(14-25)19-7-5-4-6-18(19)21/h4-7,10-14,16H,3,8-9,15H2,1-2H3/q+1. The SMILES string of the molecule is CCS(=O)(=O)c1ccc(OCC2CC2)c(-c2c[n+](C)c(C=O)c3ccccc23)c1. The molecule has 5 nitrogen and oxygen atoms in total. The third-order valence-corrected chi connectivity index (χ3v) is 7.19. The van der Waals surface area contributed by atoms with Gasteiger partial charge in [0.25, 0.3) is 5.69 Å². The number of aryl methyl sites for hydroxylation is 1. The highest BCUT2D eigenvalue weighted by Gasteiger charge is 2.25. The van der Waals surface area contributed by atoms with Crippen LogP contribution in [-0.2, 0) is 16.9 Å². The Kier molecular flexibility index (Phi) is 5.13. The normalized spacial score (nSPS) is 14.1. The number of aromatic nitrogens is 1. The number of nitrogens with zero attached hydrogens (tertiary/aromatic N) is 1. The van der Waals surface area contributed by atoms with Crippen molar-refractivity contribution in [2.75, 3.05) is 12.4 Å². The number of carbonyl (C=O) groups is 1. The van der Waals surface area contributed by atoms with Crippen LogP contribution in [0.2, 0.25) is 0 Å². The molecule has 4 rings (SSSR count). The Balaban J connectivity index is 1.97. The molecule has 1 saturated carbocycles. The molecule has 0 atom stereocenters. The number of ether oxygens (including phenoxy) is 1. The molecule has 0 spiro atoms. The molecule has 0 N–H and O–H groups in total. The number of pyridine rings is 1. The van der Waals surface area contributed by atoms with Crippen LogP contribution < -0.4 is 9.30 Å². The van der Waals surface area contributed by atoms with Gasteiger partial charge in [0.15, 0.2) is 16.0 Å². The van der Waals surface area contributed by atoms with Crippen LogP contribution in [0.5, 0.6) is 5.75 Å². The molecule has 2 aromatic carbocycles. The highest BCUT2D eigenvalue weighted by atomic mass is 32.2. The van der Waals surface area contributed by atoms with Crippen molar-refractivity contribution in [1.29, 1.82) is 0 Å². The number of sulfone groups is 1. The summed E-state index contributed by atoms with van der Waals surface area (Å²) in [5, 5.41) is 1.70. The largest absolute Gasteiger partial charge is 0.493 e. The quantitative estimate of drug-likeness (QED) is 0.440. The summed E-state index contributed by atoms with van der Waals surface area (Å²) in [7, 11) is -1.54. The van der Waals surface area contributed by atoms with Crippen LogP contribution in [-0.4, -0.2) is 27.1 Å². The average molecular weight is 411 g/mol. The lowest BCUT2D eigenvalue weighted by atomic mass is 9.98. The summed E-state index contributed by atoms with van der Waals surface area (Å²) in [6.45, 7) is 2.27. The van der Waals surface area contributed by atoms with Gasteiger partial charge in [0, 0.05) is 10.9 Å². The molecule has 3 aromatic rings. The van der Waals surface area contributed by atoms with E-state index in [2.05, 4.69) is 0 Å². The summed E-state index contributed by atoms with van der Waals surface area (Å²) >= 11 is 0. The Morgan fingerprint density at radius 1 is 1.10 bits per heavy atom. The van der Waals surface area contributed by atoms with Crippen LogP contribution in [0, 0.1) is 5.92 Å². The molecule has 0 unspecified atom stereocenters. The summed E-state index contributed by atoms with van der Waals surface area (Å²) in [4.78, 5) is 11.9. The van der Waals surface area contributed by atoms with Crippen molar-refractivity contribution in [3.05, 3.63) is 54.4 Å². The van der Waals surface area contributed by atoms with E-state index >= 15 is 0 Å². The summed E-state index contributed by atoms with van der Waals surface area (Å²) in [6.07, 6.45) is 5.05. The van der Waals surface area contributed by atoms with E-state index in [1.165, 1.54) is 12.8 Å². The number of aldehydes is 1. The first-order chi connectivity index (χ1) is 13.9. The Morgan fingerprint density at radius 2 is 1.83 bits per heavy atom. The summed E-state index contributed by atoms with van der Waals surface area (Å²) in [5.74, 6) is 1.27. The van der Waals surface area contributed by atoms with Crippen LogP contribution in [0.1, 0.15) is 30.3 Å². The Morgan fingerprint density at radius 3 is 2.48 bits per heavy atom. The van der Waals surface area contributed by atoms with Crippen molar-refractivity contribution in [1.82, 2.24) is 0 Å². The molecule has 1 aromatic heterocycles. The molecule has 0 radical (unpaired) electrons. The van der Waals surface area contributed by atoms with Crippen LogP contribution in [0.25, 0.3) is 21.9 Å². The van der Waals surface area contributed by atoms with Crippen LogP contribution >= 0.6 is 0 Å². The minimum atomic E-state index is -3.36. The number of hydrogen-bond donors (Lipinski definition) is 0. The molecule has 1 fully saturated rings.